The molecule has 0 aliphatic carbocycles. The van der Waals surface area contributed by atoms with Crippen LogP contribution in [0, 0.1) is 0 Å². The number of halogens is 4. The van der Waals surface area contributed by atoms with Crippen LogP contribution in [-0.4, -0.2) is 63.2 Å². The number of aliphatic hydroxyl groups is 1. The van der Waals surface area contributed by atoms with E-state index in [9.17, 15) is 32.3 Å². The van der Waals surface area contributed by atoms with Gasteiger partial charge >= 0.3 is 17.9 Å². The second kappa shape index (κ2) is 12.2. The second-order valence-corrected chi connectivity index (χ2v) is 9.08. The Morgan fingerprint density at radius 3 is 2.27 bits per heavy atom. The molecule has 2 N–H and O–H groups in total. The van der Waals surface area contributed by atoms with Gasteiger partial charge in [0.2, 0.25) is 5.92 Å². The summed E-state index contributed by atoms with van der Waals surface area (Å²) in [6.45, 7) is 0.300. The van der Waals surface area contributed by atoms with Gasteiger partial charge in [0.05, 0.1) is 12.5 Å². The van der Waals surface area contributed by atoms with E-state index >= 15 is 0 Å². The predicted octanol–water partition coefficient (Wildman–Crippen LogP) is 5.28. The summed E-state index contributed by atoms with van der Waals surface area (Å²) >= 11 is 0. The van der Waals surface area contributed by atoms with E-state index in [4.69, 9.17) is 5.11 Å². The van der Waals surface area contributed by atoms with Crippen LogP contribution in [-0.2, 0) is 17.3 Å². The summed E-state index contributed by atoms with van der Waals surface area (Å²) in [5.74, 6) is -8.09. The van der Waals surface area contributed by atoms with Crippen LogP contribution in [0.5, 0.6) is 0 Å². The molecule has 2 atom stereocenters. The van der Waals surface area contributed by atoms with E-state index in [0.29, 0.717) is 0 Å². The summed E-state index contributed by atoms with van der Waals surface area (Å²) in [6.07, 6.45) is -2.10. The number of carbonyl (C=O) groups excluding carboxylic acids is 1. The lowest BCUT2D eigenvalue weighted by Gasteiger charge is -2.24. The molecule has 1 fully saturated rings. The Labute approximate surface area is 212 Å². The average Bonchev–Trinajstić information content (AvgIpc) is 3.16. The van der Waals surface area contributed by atoms with E-state index in [0.717, 1.165) is 11.6 Å². The topological polar surface area (TPSA) is 81.1 Å². The average molecular weight is 523 g/mol. The van der Waals surface area contributed by atoms with E-state index in [1.807, 2.05) is 30.3 Å². The minimum Gasteiger partial charge on any atom is -0.481 e. The number of carboxylic acids is 1. The first kappa shape index (κ1) is 28.2. The Morgan fingerprint density at radius 2 is 1.65 bits per heavy atom. The molecule has 1 unspecified atom stereocenters. The number of alkyl halides is 4. The maximum absolute atomic E-state index is 14.7. The van der Waals surface area contributed by atoms with E-state index in [1.54, 1.807) is 6.07 Å². The van der Waals surface area contributed by atoms with Crippen molar-refractivity contribution in [2.24, 2.45) is 0 Å². The summed E-state index contributed by atoms with van der Waals surface area (Å²) in [4.78, 5) is 26.5. The number of carboxylic acid groups (broad SMARTS) is 1. The molecule has 1 heterocycles. The van der Waals surface area contributed by atoms with Gasteiger partial charge in [-0.3, -0.25) is 4.79 Å². The highest BCUT2D eigenvalue weighted by Gasteiger charge is 2.40. The van der Waals surface area contributed by atoms with Gasteiger partial charge in [-0.15, -0.1) is 0 Å². The first-order valence-corrected chi connectivity index (χ1v) is 12.0. The Bertz CT molecular complexity index is 1070. The van der Waals surface area contributed by atoms with E-state index < -0.39 is 55.3 Å². The number of amides is 2. The highest BCUT2D eigenvalue weighted by atomic mass is 19.3. The molecule has 2 amide bonds. The lowest BCUT2D eigenvalue weighted by molar-refractivity contribution is -0.139. The van der Waals surface area contributed by atoms with Gasteiger partial charge in [-0.2, -0.15) is 8.78 Å². The molecule has 0 aromatic heterocycles. The number of carbonyl (C=O) groups is 2. The maximum Gasteiger partial charge on any atom is 0.320 e. The number of benzene rings is 2. The van der Waals surface area contributed by atoms with E-state index in [-0.39, 0.29) is 31.6 Å². The van der Waals surface area contributed by atoms with Crippen molar-refractivity contribution in [2.45, 2.75) is 56.2 Å². The zero-order valence-corrected chi connectivity index (χ0v) is 20.1. The smallest absolute Gasteiger partial charge is 0.320 e. The number of aliphatic hydroxyl groups excluding tert-OH is 1. The minimum absolute atomic E-state index is 0.0764. The number of hydrogen-bond acceptors (Lipinski definition) is 3. The van der Waals surface area contributed by atoms with Crippen molar-refractivity contribution in [3.8, 4) is 0 Å². The van der Waals surface area contributed by atoms with Crippen LogP contribution in [0.3, 0.4) is 0 Å². The molecule has 200 valence electrons. The van der Waals surface area contributed by atoms with Crippen molar-refractivity contribution in [3.63, 3.8) is 0 Å². The Hall–Kier alpha value is -3.40. The number of hydrogen-bond donors (Lipinski definition) is 2. The van der Waals surface area contributed by atoms with Gasteiger partial charge in [0.25, 0.3) is 0 Å². The molecule has 0 bridgehead atoms. The lowest BCUT2D eigenvalue weighted by atomic mass is 10.0. The van der Waals surface area contributed by atoms with Crippen LogP contribution in [0.25, 0.3) is 0 Å². The third-order valence-corrected chi connectivity index (χ3v) is 6.23. The SMILES string of the molecule is O=C(O)CCC(F)(F)CCCN1C(=O)N(Cc2ccccc2)C[C@@H]1/C=C/C(O)C(F)(F)c1ccccc1. The predicted molar refractivity (Wildman–Crippen MR) is 129 cm³/mol. The fraction of sp³-hybridized carbons (Fsp3) is 0.407. The van der Waals surface area contributed by atoms with Gasteiger partial charge in [0.15, 0.2) is 0 Å². The molecular formula is C27H30F4N2O4. The highest BCUT2D eigenvalue weighted by molar-refractivity contribution is 5.77. The van der Waals surface area contributed by atoms with Gasteiger partial charge in [0.1, 0.15) is 6.10 Å². The Balaban J connectivity index is 1.72. The fourth-order valence-corrected chi connectivity index (χ4v) is 4.20. The van der Waals surface area contributed by atoms with Gasteiger partial charge in [-0.1, -0.05) is 72.8 Å². The van der Waals surface area contributed by atoms with E-state index in [2.05, 4.69) is 0 Å². The lowest BCUT2D eigenvalue weighted by Crippen LogP contribution is -2.36. The zero-order valence-electron chi connectivity index (χ0n) is 20.1. The van der Waals surface area contributed by atoms with Crippen molar-refractivity contribution < 1.29 is 37.4 Å². The summed E-state index contributed by atoms with van der Waals surface area (Å²) in [6, 6.07) is 14.8. The van der Waals surface area contributed by atoms with Crippen LogP contribution in [0.1, 0.15) is 36.8 Å². The minimum atomic E-state index is -3.57. The van der Waals surface area contributed by atoms with Gasteiger partial charge < -0.3 is 20.0 Å². The summed E-state index contributed by atoms with van der Waals surface area (Å²) < 4.78 is 57.5. The number of aliphatic carboxylic acids is 1. The Morgan fingerprint density at radius 1 is 1.03 bits per heavy atom. The molecule has 1 aliphatic heterocycles. The third-order valence-electron chi connectivity index (χ3n) is 6.23. The molecule has 2 aromatic carbocycles. The van der Waals surface area contributed by atoms with Gasteiger partial charge in [-0.25, -0.2) is 13.6 Å². The van der Waals surface area contributed by atoms with Crippen LogP contribution in [0.4, 0.5) is 22.4 Å². The zero-order chi connectivity index (χ0) is 27.1. The first-order valence-electron chi connectivity index (χ1n) is 12.0. The molecule has 1 aliphatic rings. The monoisotopic (exact) mass is 522 g/mol. The summed E-state index contributed by atoms with van der Waals surface area (Å²) in [7, 11) is 0. The van der Waals surface area contributed by atoms with Gasteiger partial charge in [0, 0.05) is 38.0 Å². The Kier molecular flexibility index (Phi) is 9.31. The number of urea groups is 1. The van der Waals surface area contributed by atoms with Crippen LogP contribution in [0.15, 0.2) is 72.8 Å². The molecule has 6 nitrogen and oxygen atoms in total. The number of nitrogens with zero attached hydrogens (tertiary/aromatic N) is 2. The van der Waals surface area contributed by atoms with Gasteiger partial charge in [-0.05, 0) is 12.0 Å². The maximum atomic E-state index is 14.7. The third kappa shape index (κ3) is 7.79. The molecule has 37 heavy (non-hydrogen) atoms. The molecule has 0 saturated carbocycles. The van der Waals surface area contributed by atoms with Crippen molar-refractivity contribution >= 4 is 12.0 Å². The van der Waals surface area contributed by atoms with Crippen LogP contribution in [0.2, 0.25) is 0 Å². The standard InChI is InChI=1S/C27H30F4N2O4/c28-26(29,16-14-24(35)36)15-7-17-33-22(19-32(25(33)37)18-20-8-3-1-4-9-20)12-13-23(34)27(30,31)21-10-5-2-6-11-21/h1-6,8-13,22-23,34H,7,14-19H2,(H,35,36)/b13-12+/t22-,23?/m0/s1. The normalized spacial score (nSPS) is 17.5. The largest absolute Gasteiger partial charge is 0.481 e. The summed E-state index contributed by atoms with van der Waals surface area (Å²) in [5, 5.41) is 18.9. The highest BCUT2D eigenvalue weighted by Crippen LogP contribution is 2.33. The van der Waals surface area contributed by atoms with Crippen molar-refractivity contribution in [1.82, 2.24) is 9.80 Å². The molecule has 1 saturated heterocycles. The molecule has 3 rings (SSSR count). The fourth-order valence-electron chi connectivity index (χ4n) is 4.20. The quantitative estimate of drug-likeness (QED) is 0.277. The van der Waals surface area contributed by atoms with Crippen LogP contribution < -0.4 is 0 Å². The van der Waals surface area contributed by atoms with Crippen molar-refractivity contribution in [2.75, 3.05) is 13.1 Å². The molecular weight excluding hydrogens is 492 g/mol. The molecule has 0 spiro atoms. The van der Waals surface area contributed by atoms with Crippen LogP contribution >= 0.6 is 0 Å². The van der Waals surface area contributed by atoms with Crippen molar-refractivity contribution in [1.29, 1.82) is 0 Å². The summed E-state index contributed by atoms with van der Waals surface area (Å²) in [5.41, 5.74) is 0.483. The molecule has 2 aromatic rings. The second-order valence-electron chi connectivity index (χ2n) is 9.08. The molecule has 0 radical (unpaired) electrons. The van der Waals surface area contributed by atoms with E-state index in [1.165, 1.54) is 40.1 Å². The molecule has 10 heteroatoms. The first-order chi connectivity index (χ1) is 17.5. The van der Waals surface area contributed by atoms with Crippen molar-refractivity contribution in [3.05, 3.63) is 83.9 Å². The number of rotatable bonds is 13.